The van der Waals surface area contributed by atoms with Crippen molar-refractivity contribution in [3.05, 3.63) is 22.4 Å². The molecule has 1 N–H and O–H groups in total. The molecule has 0 aliphatic heterocycles. The van der Waals surface area contributed by atoms with Gasteiger partial charge in [0, 0.05) is 17.0 Å². The Labute approximate surface area is 110 Å². The van der Waals surface area contributed by atoms with Gasteiger partial charge in [-0.25, -0.2) is 0 Å². The normalized spacial score (nSPS) is 12.3. The van der Waals surface area contributed by atoms with Gasteiger partial charge in [-0.15, -0.1) is 23.7 Å². The highest BCUT2D eigenvalue weighted by molar-refractivity contribution is 7.09. The van der Waals surface area contributed by atoms with Gasteiger partial charge < -0.3 is 5.32 Å². The fourth-order valence-electron chi connectivity index (χ4n) is 2.13. The third kappa shape index (κ3) is 6.51. The molecule has 0 amide bonds. The molecule has 0 aliphatic carbocycles. The SMILES string of the molecule is CC(C)(C)CC(C)(C)NCc1cccs1.Cl. The Morgan fingerprint density at radius 2 is 1.81 bits per heavy atom. The van der Waals surface area contributed by atoms with Gasteiger partial charge in [0.15, 0.2) is 0 Å². The van der Waals surface area contributed by atoms with Gasteiger partial charge in [-0.2, -0.15) is 0 Å². The summed E-state index contributed by atoms with van der Waals surface area (Å²) in [7, 11) is 0. The van der Waals surface area contributed by atoms with Gasteiger partial charge in [0.25, 0.3) is 0 Å². The molecular weight excluding hydrogens is 238 g/mol. The Kier molecular flexibility index (Phi) is 6.02. The molecule has 0 aliphatic rings. The van der Waals surface area contributed by atoms with Crippen LogP contribution in [0.5, 0.6) is 0 Å². The van der Waals surface area contributed by atoms with Gasteiger partial charge in [-0.05, 0) is 37.1 Å². The van der Waals surface area contributed by atoms with Gasteiger partial charge in [-0.3, -0.25) is 0 Å². The molecule has 1 heterocycles. The molecule has 0 unspecified atom stereocenters. The molecule has 1 rings (SSSR count). The maximum atomic E-state index is 3.63. The molecule has 1 aromatic rings. The highest BCUT2D eigenvalue weighted by Crippen LogP contribution is 2.27. The van der Waals surface area contributed by atoms with Crippen LogP contribution in [0.4, 0.5) is 0 Å². The lowest BCUT2D eigenvalue weighted by Gasteiger charge is -2.33. The first-order valence-corrected chi connectivity index (χ1v) is 6.44. The summed E-state index contributed by atoms with van der Waals surface area (Å²) >= 11 is 1.82. The van der Waals surface area contributed by atoms with Crippen LogP contribution in [0.25, 0.3) is 0 Å². The van der Waals surface area contributed by atoms with Gasteiger partial charge in [0.2, 0.25) is 0 Å². The van der Waals surface area contributed by atoms with Crippen molar-refractivity contribution >= 4 is 23.7 Å². The maximum absolute atomic E-state index is 3.63. The van der Waals surface area contributed by atoms with Crippen molar-refractivity contribution in [2.45, 2.75) is 53.1 Å². The van der Waals surface area contributed by atoms with Crippen LogP contribution in [-0.2, 0) is 6.54 Å². The molecule has 1 aromatic heterocycles. The van der Waals surface area contributed by atoms with E-state index in [1.807, 2.05) is 11.3 Å². The average Bonchev–Trinajstić information content (AvgIpc) is 2.47. The molecule has 0 atom stereocenters. The van der Waals surface area contributed by atoms with E-state index in [0.717, 1.165) is 6.54 Å². The zero-order valence-electron chi connectivity index (χ0n) is 11.0. The lowest BCUT2D eigenvalue weighted by Crippen LogP contribution is -2.41. The highest BCUT2D eigenvalue weighted by Gasteiger charge is 2.24. The average molecular weight is 262 g/mol. The van der Waals surface area contributed by atoms with Crippen LogP contribution in [0.1, 0.15) is 45.9 Å². The number of hydrogen-bond acceptors (Lipinski definition) is 2. The standard InChI is InChI=1S/C13H23NS.ClH/c1-12(2,3)10-13(4,5)14-9-11-7-6-8-15-11;/h6-8,14H,9-10H2,1-5H3;1H. The predicted molar refractivity (Wildman–Crippen MR) is 76.6 cm³/mol. The minimum atomic E-state index is 0. The quantitative estimate of drug-likeness (QED) is 0.843. The lowest BCUT2D eigenvalue weighted by molar-refractivity contribution is 0.241. The Balaban J connectivity index is 0.00000225. The van der Waals surface area contributed by atoms with Crippen molar-refractivity contribution in [3.8, 4) is 0 Å². The minimum Gasteiger partial charge on any atom is -0.307 e. The summed E-state index contributed by atoms with van der Waals surface area (Å²) < 4.78 is 0. The number of hydrogen-bond donors (Lipinski definition) is 1. The van der Waals surface area contributed by atoms with Crippen LogP contribution in [-0.4, -0.2) is 5.54 Å². The molecule has 0 spiro atoms. The van der Waals surface area contributed by atoms with Crippen LogP contribution in [0, 0.1) is 5.41 Å². The third-order valence-corrected chi connectivity index (χ3v) is 3.17. The van der Waals surface area contributed by atoms with Gasteiger partial charge in [0.05, 0.1) is 0 Å². The van der Waals surface area contributed by atoms with Crippen molar-refractivity contribution in [2.24, 2.45) is 5.41 Å². The maximum Gasteiger partial charge on any atom is 0.0304 e. The first-order chi connectivity index (χ1) is 6.79. The van der Waals surface area contributed by atoms with Crippen molar-refractivity contribution in [2.75, 3.05) is 0 Å². The van der Waals surface area contributed by atoms with E-state index in [4.69, 9.17) is 0 Å². The molecular formula is C13H24ClNS. The van der Waals surface area contributed by atoms with Crippen molar-refractivity contribution in [1.29, 1.82) is 0 Å². The van der Waals surface area contributed by atoms with Crippen molar-refractivity contribution in [1.82, 2.24) is 5.32 Å². The fraction of sp³-hybridized carbons (Fsp3) is 0.692. The van der Waals surface area contributed by atoms with Crippen LogP contribution < -0.4 is 5.32 Å². The van der Waals surface area contributed by atoms with Crippen LogP contribution in [0.2, 0.25) is 0 Å². The molecule has 0 radical (unpaired) electrons. The molecule has 0 saturated carbocycles. The summed E-state index contributed by atoms with van der Waals surface area (Å²) in [6.45, 7) is 12.4. The monoisotopic (exact) mass is 261 g/mol. The van der Waals surface area contributed by atoms with Crippen LogP contribution >= 0.6 is 23.7 Å². The first-order valence-electron chi connectivity index (χ1n) is 5.56. The summed E-state index contributed by atoms with van der Waals surface area (Å²) in [5.41, 5.74) is 0.591. The summed E-state index contributed by atoms with van der Waals surface area (Å²) in [5.74, 6) is 0. The summed E-state index contributed by atoms with van der Waals surface area (Å²) in [6, 6.07) is 4.29. The van der Waals surface area contributed by atoms with E-state index in [1.54, 1.807) is 0 Å². The molecule has 3 heteroatoms. The van der Waals surface area contributed by atoms with Crippen molar-refractivity contribution in [3.63, 3.8) is 0 Å². The van der Waals surface area contributed by atoms with E-state index in [9.17, 15) is 0 Å². The molecule has 1 nitrogen and oxygen atoms in total. The van der Waals surface area contributed by atoms with E-state index in [2.05, 4.69) is 57.4 Å². The zero-order valence-corrected chi connectivity index (χ0v) is 12.6. The molecule has 0 fully saturated rings. The van der Waals surface area contributed by atoms with E-state index in [0.29, 0.717) is 5.41 Å². The summed E-state index contributed by atoms with van der Waals surface area (Å²) in [6.07, 6.45) is 1.19. The fourth-order valence-corrected chi connectivity index (χ4v) is 2.77. The second-order valence-electron chi connectivity index (χ2n) is 6.05. The summed E-state index contributed by atoms with van der Waals surface area (Å²) in [4.78, 5) is 1.41. The largest absolute Gasteiger partial charge is 0.307 e. The predicted octanol–water partition coefficient (Wildman–Crippen LogP) is 4.47. The lowest BCUT2D eigenvalue weighted by atomic mass is 9.82. The molecule has 16 heavy (non-hydrogen) atoms. The second-order valence-corrected chi connectivity index (χ2v) is 7.09. The first kappa shape index (κ1) is 16.0. The van der Waals surface area contributed by atoms with E-state index < -0.39 is 0 Å². The Morgan fingerprint density at radius 3 is 2.25 bits per heavy atom. The van der Waals surface area contributed by atoms with Gasteiger partial charge in [-0.1, -0.05) is 26.8 Å². The van der Waals surface area contributed by atoms with Crippen molar-refractivity contribution < 1.29 is 0 Å². The van der Waals surface area contributed by atoms with Gasteiger partial charge >= 0.3 is 0 Å². The molecule has 0 bridgehead atoms. The number of thiophene rings is 1. The smallest absolute Gasteiger partial charge is 0.0304 e. The third-order valence-electron chi connectivity index (χ3n) is 2.29. The molecule has 0 saturated heterocycles. The minimum absolute atomic E-state index is 0. The number of halogens is 1. The Hall–Kier alpha value is -0.0500. The zero-order chi connectivity index (χ0) is 11.5. The Morgan fingerprint density at radius 1 is 1.19 bits per heavy atom. The van der Waals surface area contributed by atoms with E-state index >= 15 is 0 Å². The van der Waals surface area contributed by atoms with Crippen LogP contribution in [0.3, 0.4) is 0 Å². The second kappa shape index (κ2) is 6.04. The topological polar surface area (TPSA) is 12.0 Å². The number of nitrogens with one attached hydrogen (secondary N) is 1. The van der Waals surface area contributed by atoms with E-state index in [1.165, 1.54) is 11.3 Å². The van der Waals surface area contributed by atoms with E-state index in [-0.39, 0.29) is 17.9 Å². The molecule has 0 aromatic carbocycles. The van der Waals surface area contributed by atoms with Gasteiger partial charge in [0.1, 0.15) is 0 Å². The number of rotatable bonds is 4. The highest BCUT2D eigenvalue weighted by atomic mass is 35.5. The summed E-state index contributed by atoms with van der Waals surface area (Å²) in [5, 5.41) is 5.76. The van der Waals surface area contributed by atoms with Crippen LogP contribution in [0.15, 0.2) is 17.5 Å². The Bertz CT molecular complexity index is 285. The molecule has 94 valence electrons.